The Hall–Kier alpha value is -2.56. The van der Waals surface area contributed by atoms with E-state index < -0.39 is 0 Å². The van der Waals surface area contributed by atoms with Crippen LogP contribution in [-0.2, 0) is 20.7 Å². The number of allylic oxidation sites excluding steroid dienone is 1. The molecular weight excluding hydrogens is 340 g/mol. The molecule has 3 rings (SSSR count). The molecule has 0 spiro atoms. The van der Waals surface area contributed by atoms with Crippen molar-refractivity contribution in [2.24, 2.45) is 0 Å². The molecule has 0 bridgehead atoms. The molecule has 2 aromatic rings. The number of hydrogen-bond acceptors (Lipinski definition) is 3. The van der Waals surface area contributed by atoms with Crippen molar-refractivity contribution in [3.63, 3.8) is 0 Å². The monoisotopic (exact) mass is 368 g/mol. The number of nitrogens with one attached hydrogen (secondary N) is 1. The first-order valence-corrected chi connectivity index (χ1v) is 9.80. The first-order valence-electron chi connectivity index (χ1n) is 9.80. The average molecular weight is 368 g/mol. The minimum atomic E-state index is -0.369. The molecule has 1 aromatic heterocycles. The number of para-hydroxylation sites is 1. The number of benzene rings is 1. The summed E-state index contributed by atoms with van der Waals surface area (Å²) in [5.74, 6) is -0.425. The summed E-state index contributed by atoms with van der Waals surface area (Å²) >= 11 is 0. The molecule has 0 fully saturated rings. The van der Waals surface area contributed by atoms with E-state index in [0.29, 0.717) is 26.0 Å². The number of carbonyl (C=O) groups is 2. The number of amides is 1. The van der Waals surface area contributed by atoms with Crippen molar-refractivity contribution in [3.8, 4) is 0 Å². The summed E-state index contributed by atoms with van der Waals surface area (Å²) in [7, 11) is 0. The van der Waals surface area contributed by atoms with Gasteiger partial charge in [0.05, 0.1) is 12.5 Å². The SMILES string of the molecule is CCOC(=O)C(C)c1[nH]c2ccccc2c1CCN1C=C(CC)CCC1=O. The molecule has 144 valence electrons. The summed E-state index contributed by atoms with van der Waals surface area (Å²) in [4.78, 5) is 29.8. The molecule has 1 aliphatic rings. The van der Waals surface area contributed by atoms with Crippen LogP contribution in [0.3, 0.4) is 0 Å². The van der Waals surface area contributed by atoms with Crippen LogP contribution in [0.5, 0.6) is 0 Å². The van der Waals surface area contributed by atoms with Crippen molar-refractivity contribution in [2.45, 2.75) is 52.4 Å². The molecule has 1 amide bonds. The highest BCUT2D eigenvalue weighted by molar-refractivity contribution is 5.88. The van der Waals surface area contributed by atoms with Gasteiger partial charge in [-0.25, -0.2) is 0 Å². The third kappa shape index (κ3) is 4.07. The maximum atomic E-state index is 12.3. The Bertz CT molecular complexity index is 866. The maximum absolute atomic E-state index is 12.3. The van der Waals surface area contributed by atoms with Gasteiger partial charge in [0.15, 0.2) is 0 Å². The molecule has 1 atom stereocenters. The second-order valence-electron chi connectivity index (χ2n) is 7.01. The van der Waals surface area contributed by atoms with Gasteiger partial charge in [0.25, 0.3) is 0 Å². The van der Waals surface area contributed by atoms with Crippen molar-refractivity contribution >= 4 is 22.8 Å². The van der Waals surface area contributed by atoms with Crippen LogP contribution in [0.2, 0.25) is 0 Å². The lowest BCUT2D eigenvalue weighted by Crippen LogP contribution is -2.31. The van der Waals surface area contributed by atoms with Crippen LogP contribution in [0.25, 0.3) is 10.9 Å². The average Bonchev–Trinajstić information content (AvgIpc) is 3.05. The number of ether oxygens (including phenoxy) is 1. The zero-order valence-corrected chi connectivity index (χ0v) is 16.4. The number of carbonyl (C=O) groups excluding carboxylic acids is 2. The minimum absolute atomic E-state index is 0.173. The molecule has 0 saturated carbocycles. The highest BCUT2D eigenvalue weighted by atomic mass is 16.5. The quantitative estimate of drug-likeness (QED) is 0.742. The summed E-state index contributed by atoms with van der Waals surface area (Å²) in [6, 6.07) is 8.06. The standard InChI is InChI=1S/C22H28N2O3/c1-4-16-10-11-20(25)24(14-16)13-12-18-17-8-6-7-9-19(17)23-21(18)15(3)22(26)27-5-2/h6-9,14-15,23H,4-5,10-13H2,1-3H3. The van der Waals surface area contributed by atoms with Gasteiger partial charge in [-0.1, -0.05) is 30.7 Å². The zero-order chi connectivity index (χ0) is 19.4. The molecule has 1 aromatic carbocycles. The summed E-state index contributed by atoms with van der Waals surface area (Å²) in [6.45, 7) is 6.79. The zero-order valence-electron chi connectivity index (χ0n) is 16.4. The lowest BCUT2D eigenvalue weighted by molar-refractivity contribution is -0.144. The van der Waals surface area contributed by atoms with Gasteiger partial charge >= 0.3 is 5.97 Å². The number of rotatable bonds is 7. The molecule has 5 heteroatoms. The van der Waals surface area contributed by atoms with E-state index in [0.717, 1.165) is 35.0 Å². The predicted molar refractivity (Wildman–Crippen MR) is 106 cm³/mol. The first kappa shape index (κ1) is 19.2. The van der Waals surface area contributed by atoms with Gasteiger partial charge in [-0.15, -0.1) is 0 Å². The van der Waals surface area contributed by atoms with Crippen LogP contribution < -0.4 is 0 Å². The number of nitrogens with zero attached hydrogens (tertiary/aromatic N) is 1. The number of H-pyrrole nitrogens is 1. The Kier molecular flexibility index (Phi) is 5.99. The Labute approximate surface area is 160 Å². The van der Waals surface area contributed by atoms with Crippen LogP contribution in [0.1, 0.15) is 57.2 Å². The highest BCUT2D eigenvalue weighted by Crippen LogP contribution is 2.30. The number of esters is 1. The third-order valence-corrected chi connectivity index (χ3v) is 5.30. The predicted octanol–water partition coefficient (Wildman–Crippen LogP) is 4.29. The van der Waals surface area contributed by atoms with E-state index in [4.69, 9.17) is 4.74 Å². The Morgan fingerprint density at radius 2 is 2.04 bits per heavy atom. The smallest absolute Gasteiger partial charge is 0.314 e. The van der Waals surface area contributed by atoms with Crippen molar-refractivity contribution in [3.05, 3.63) is 47.3 Å². The fourth-order valence-electron chi connectivity index (χ4n) is 3.70. The molecule has 1 N–H and O–H groups in total. The molecule has 1 aliphatic heterocycles. The fourth-order valence-corrected chi connectivity index (χ4v) is 3.70. The summed E-state index contributed by atoms with van der Waals surface area (Å²) in [5, 5.41) is 1.10. The molecule has 0 saturated heterocycles. The van der Waals surface area contributed by atoms with E-state index in [2.05, 4.69) is 18.0 Å². The number of aromatic amines is 1. The van der Waals surface area contributed by atoms with E-state index in [1.807, 2.05) is 43.1 Å². The third-order valence-electron chi connectivity index (χ3n) is 5.30. The summed E-state index contributed by atoms with van der Waals surface area (Å²) in [5.41, 5.74) is 4.30. The number of fused-ring (bicyclic) bond motifs is 1. The summed E-state index contributed by atoms with van der Waals surface area (Å²) < 4.78 is 5.22. The lowest BCUT2D eigenvalue weighted by Gasteiger charge is -2.25. The van der Waals surface area contributed by atoms with E-state index in [1.165, 1.54) is 5.57 Å². The van der Waals surface area contributed by atoms with Crippen LogP contribution in [0.15, 0.2) is 36.0 Å². The van der Waals surface area contributed by atoms with Crippen LogP contribution in [-0.4, -0.2) is 34.9 Å². The number of hydrogen-bond donors (Lipinski definition) is 1. The van der Waals surface area contributed by atoms with E-state index in [9.17, 15) is 9.59 Å². The number of aromatic nitrogens is 1. The van der Waals surface area contributed by atoms with Crippen molar-refractivity contribution in [2.75, 3.05) is 13.2 Å². The minimum Gasteiger partial charge on any atom is -0.465 e. The Morgan fingerprint density at radius 1 is 1.26 bits per heavy atom. The summed E-state index contributed by atoms with van der Waals surface area (Å²) in [6.07, 6.45) is 5.13. The molecule has 27 heavy (non-hydrogen) atoms. The van der Waals surface area contributed by atoms with Gasteiger partial charge in [-0.2, -0.15) is 0 Å². The van der Waals surface area contributed by atoms with Gasteiger partial charge in [-0.05, 0) is 44.7 Å². The Morgan fingerprint density at radius 3 is 2.78 bits per heavy atom. The van der Waals surface area contributed by atoms with E-state index in [-0.39, 0.29) is 17.8 Å². The second-order valence-corrected chi connectivity index (χ2v) is 7.01. The topological polar surface area (TPSA) is 62.4 Å². The van der Waals surface area contributed by atoms with Gasteiger partial charge in [-0.3, -0.25) is 9.59 Å². The normalized spacial score (nSPS) is 15.7. The lowest BCUT2D eigenvalue weighted by atomic mass is 9.98. The van der Waals surface area contributed by atoms with Crippen molar-refractivity contribution < 1.29 is 14.3 Å². The highest BCUT2D eigenvalue weighted by Gasteiger charge is 2.24. The van der Waals surface area contributed by atoms with Gasteiger partial charge in [0, 0.05) is 35.8 Å². The van der Waals surface area contributed by atoms with Crippen molar-refractivity contribution in [1.29, 1.82) is 0 Å². The van der Waals surface area contributed by atoms with E-state index >= 15 is 0 Å². The van der Waals surface area contributed by atoms with E-state index in [1.54, 1.807) is 0 Å². The molecular formula is C22H28N2O3. The second kappa shape index (κ2) is 8.42. The molecule has 5 nitrogen and oxygen atoms in total. The van der Waals surface area contributed by atoms with Gasteiger partial charge in [0.1, 0.15) is 0 Å². The molecule has 1 unspecified atom stereocenters. The largest absolute Gasteiger partial charge is 0.465 e. The molecule has 0 aliphatic carbocycles. The first-order chi connectivity index (χ1) is 13.0. The van der Waals surface area contributed by atoms with Crippen LogP contribution in [0, 0.1) is 0 Å². The molecule has 0 radical (unpaired) electrons. The van der Waals surface area contributed by atoms with Crippen molar-refractivity contribution in [1.82, 2.24) is 9.88 Å². The van der Waals surface area contributed by atoms with Crippen LogP contribution in [0.4, 0.5) is 0 Å². The van der Waals surface area contributed by atoms with Gasteiger partial charge in [0.2, 0.25) is 5.91 Å². The Balaban J connectivity index is 1.89. The van der Waals surface area contributed by atoms with Gasteiger partial charge < -0.3 is 14.6 Å². The maximum Gasteiger partial charge on any atom is 0.314 e. The van der Waals surface area contributed by atoms with Crippen LogP contribution >= 0.6 is 0 Å². The molecule has 2 heterocycles. The fraction of sp³-hybridized carbons (Fsp3) is 0.455.